The predicted molar refractivity (Wildman–Crippen MR) is 65.6 cm³/mol. The summed E-state index contributed by atoms with van der Waals surface area (Å²) in [6.07, 6.45) is 1.19. The molecule has 0 aliphatic carbocycles. The van der Waals surface area contributed by atoms with Crippen molar-refractivity contribution in [2.45, 2.75) is 26.3 Å². The molecule has 1 aliphatic heterocycles. The zero-order chi connectivity index (χ0) is 10.8. The van der Waals surface area contributed by atoms with Gasteiger partial charge in [0.15, 0.2) is 0 Å². The Morgan fingerprint density at radius 1 is 1.47 bits per heavy atom. The molecule has 1 heterocycles. The largest absolute Gasteiger partial charge is 0.367 e. The van der Waals surface area contributed by atoms with Crippen LogP contribution in [0.25, 0.3) is 0 Å². The van der Waals surface area contributed by atoms with Crippen molar-refractivity contribution in [2.24, 2.45) is 0 Å². The van der Waals surface area contributed by atoms with Crippen molar-refractivity contribution < 1.29 is 0 Å². The molecule has 1 N–H and O–H groups in total. The Kier molecular flexibility index (Phi) is 2.96. The molecule has 0 bridgehead atoms. The lowest BCUT2D eigenvalue weighted by atomic mass is 10.1. The molecule has 82 valence electrons. The Balaban J connectivity index is 2.28. The van der Waals surface area contributed by atoms with Crippen LogP contribution < -0.4 is 10.2 Å². The van der Waals surface area contributed by atoms with Crippen LogP contribution in [0.2, 0.25) is 0 Å². The molecule has 1 aromatic rings. The topological polar surface area (TPSA) is 15.3 Å². The Bertz CT molecular complexity index is 346. The number of anilines is 1. The monoisotopic (exact) mass is 204 g/mol. The molecule has 0 fully saturated rings. The van der Waals surface area contributed by atoms with E-state index in [1.54, 1.807) is 0 Å². The van der Waals surface area contributed by atoms with Gasteiger partial charge < -0.3 is 10.2 Å². The number of nitrogens with zero attached hydrogens (tertiary/aromatic N) is 1. The SMILES string of the molecule is CCN1c2ccc(C)cc2CC1CNC. The van der Waals surface area contributed by atoms with Gasteiger partial charge in [0, 0.05) is 24.8 Å². The Hall–Kier alpha value is -1.02. The molecule has 0 saturated heterocycles. The summed E-state index contributed by atoms with van der Waals surface area (Å²) >= 11 is 0. The Morgan fingerprint density at radius 2 is 2.27 bits per heavy atom. The molecule has 1 aromatic carbocycles. The Morgan fingerprint density at radius 3 is 2.93 bits per heavy atom. The van der Waals surface area contributed by atoms with Crippen LogP contribution in [0.3, 0.4) is 0 Å². The van der Waals surface area contributed by atoms with Crippen LogP contribution in [0.5, 0.6) is 0 Å². The first kappa shape index (κ1) is 10.5. The molecule has 0 amide bonds. The number of fused-ring (bicyclic) bond motifs is 1. The van der Waals surface area contributed by atoms with Crippen LogP contribution in [0, 0.1) is 6.92 Å². The van der Waals surface area contributed by atoms with Crippen molar-refractivity contribution in [3.05, 3.63) is 29.3 Å². The van der Waals surface area contributed by atoms with Crippen LogP contribution in [-0.4, -0.2) is 26.2 Å². The summed E-state index contributed by atoms with van der Waals surface area (Å²) in [5.41, 5.74) is 4.32. The lowest BCUT2D eigenvalue weighted by molar-refractivity contribution is 0.592. The van der Waals surface area contributed by atoms with Gasteiger partial charge in [-0.05, 0) is 38.9 Å². The van der Waals surface area contributed by atoms with Crippen molar-refractivity contribution in [2.75, 3.05) is 25.0 Å². The van der Waals surface area contributed by atoms with E-state index < -0.39 is 0 Å². The van der Waals surface area contributed by atoms with Gasteiger partial charge in [-0.15, -0.1) is 0 Å². The number of likely N-dealkylation sites (N-methyl/N-ethyl adjacent to an activating group) is 2. The minimum atomic E-state index is 0.636. The first-order valence-corrected chi connectivity index (χ1v) is 5.77. The van der Waals surface area contributed by atoms with Gasteiger partial charge in [0.05, 0.1) is 0 Å². The van der Waals surface area contributed by atoms with Gasteiger partial charge in [-0.25, -0.2) is 0 Å². The van der Waals surface area contributed by atoms with Crippen LogP contribution in [0.4, 0.5) is 5.69 Å². The molecule has 0 radical (unpaired) electrons. The molecule has 0 spiro atoms. The summed E-state index contributed by atoms with van der Waals surface area (Å²) in [6, 6.07) is 7.44. The highest BCUT2D eigenvalue weighted by molar-refractivity contribution is 5.60. The summed E-state index contributed by atoms with van der Waals surface area (Å²) in [5, 5.41) is 3.28. The summed E-state index contributed by atoms with van der Waals surface area (Å²) in [4.78, 5) is 2.51. The molecule has 0 aromatic heterocycles. The summed E-state index contributed by atoms with van der Waals surface area (Å²) < 4.78 is 0. The average Bonchev–Trinajstić information content (AvgIpc) is 2.54. The molecular formula is C13H20N2. The number of aryl methyl sites for hydroxylation is 1. The van der Waals surface area contributed by atoms with E-state index in [1.165, 1.54) is 23.2 Å². The number of hydrogen-bond donors (Lipinski definition) is 1. The van der Waals surface area contributed by atoms with E-state index in [-0.39, 0.29) is 0 Å². The number of benzene rings is 1. The molecule has 2 rings (SSSR count). The number of rotatable bonds is 3. The van der Waals surface area contributed by atoms with E-state index in [0.717, 1.165) is 13.1 Å². The molecule has 1 aliphatic rings. The first-order chi connectivity index (χ1) is 7.26. The number of hydrogen-bond acceptors (Lipinski definition) is 2. The zero-order valence-electron chi connectivity index (χ0n) is 9.88. The lowest BCUT2D eigenvalue weighted by Crippen LogP contribution is -2.38. The minimum absolute atomic E-state index is 0.636. The third-order valence-electron chi connectivity index (χ3n) is 3.22. The fourth-order valence-corrected chi connectivity index (χ4v) is 2.57. The fourth-order valence-electron chi connectivity index (χ4n) is 2.57. The molecule has 0 saturated carbocycles. The van der Waals surface area contributed by atoms with Crippen LogP contribution in [0.1, 0.15) is 18.1 Å². The maximum Gasteiger partial charge on any atom is 0.0455 e. The van der Waals surface area contributed by atoms with Crippen molar-refractivity contribution in [1.29, 1.82) is 0 Å². The quantitative estimate of drug-likeness (QED) is 0.809. The summed E-state index contributed by atoms with van der Waals surface area (Å²) in [7, 11) is 2.03. The molecule has 2 nitrogen and oxygen atoms in total. The highest BCUT2D eigenvalue weighted by Crippen LogP contribution is 2.32. The van der Waals surface area contributed by atoms with Gasteiger partial charge in [0.25, 0.3) is 0 Å². The summed E-state index contributed by atoms with van der Waals surface area (Å²) in [5.74, 6) is 0. The fraction of sp³-hybridized carbons (Fsp3) is 0.538. The third-order valence-corrected chi connectivity index (χ3v) is 3.22. The summed E-state index contributed by atoms with van der Waals surface area (Å²) in [6.45, 7) is 6.57. The van der Waals surface area contributed by atoms with Crippen molar-refractivity contribution in [1.82, 2.24) is 5.32 Å². The highest BCUT2D eigenvalue weighted by atomic mass is 15.2. The van der Waals surface area contributed by atoms with Gasteiger partial charge in [-0.1, -0.05) is 17.7 Å². The van der Waals surface area contributed by atoms with Crippen molar-refractivity contribution >= 4 is 5.69 Å². The number of nitrogens with one attached hydrogen (secondary N) is 1. The second-order valence-corrected chi connectivity index (χ2v) is 4.33. The average molecular weight is 204 g/mol. The smallest absolute Gasteiger partial charge is 0.0455 e. The Labute approximate surface area is 92.3 Å². The second kappa shape index (κ2) is 4.23. The van der Waals surface area contributed by atoms with Crippen LogP contribution in [0.15, 0.2) is 18.2 Å². The molecule has 15 heavy (non-hydrogen) atoms. The normalized spacial score (nSPS) is 19.4. The van der Waals surface area contributed by atoms with E-state index in [4.69, 9.17) is 0 Å². The second-order valence-electron chi connectivity index (χ2n) is 4.33. The highest BCUT2D eigenvalue weighted by Gasteiger charge is 2.27. The van der Waals surface area contributed by atoms with Gasteiger partial charge >= 0.3 is 0 Å². The van der Waals surface area contributed by atoms with Gasteiger partial charge in [0.1, 0.15) is 0 Å². The minimum Gasteiger partial charge on any atom is -0.367 e. The van der Waals surface area contributed by atoms with Gasteiger partial charge in [-0.2, -0.15) is 0 Å². The predicted octanol–water partition coefficient (Wildman–Crippen LogP) is 1.97. The maximum absolute atomic E-state index is 3.28. The van der Waals surface area contributed by atoms with Gasteiger partial charge in [-0.3, -0.25) is 0 Å². The molecule has 1 atom stereocenters. The van der Waals surface area contributed by atoms with E-state index in [1.807, 2.05) is 7.05 Å². The molecule has 2 heteroatoms. The van der Waals surface area contributed by atoms with E-state index in [2.05, 4.69) is 42.3 Å². The van der Waals surface area contributed by atoms with Crippen LogP contribution in [-0.2, 0) is 6.42 Å². The van der Waals surface area contributed by atoms with E-state index in [9.17, 15) is 0 Å². The van der Waals surface area contributed by atoms with Crippen LogP contribution >= 0.6 is 0 Å². The van der Waals surface area contributed by atoms with Crippen molar-refractivity contribution in [3.8, 4) is 0 Å². The molecule has 1 unspecified atom stereocenters. The maximum atomic E-state index is 3.28. The van der Waals surface area contributed by atoms with E-state index in [0.29, 0.717) is 6.04 Å². The first-order valence-electron chi connectivity index (χ1n) is 5.77. The third kappa shape index (κ3) is 1.86. The lowest BCUT2D eigenvalue weighted by Gasteiger charge is -2.25. The van der Waals surface area contributed by atoms with Gasteiger partial charge in [0.2, 0.25) is 0 Å². The van der Waals surface area contributed by atoms with Crippen molar-refractivity contribution in [3.63, 3.8) is 0 Å². The molecular weight excluding hydrogens is 184 g/mol. The zero-order valence-corrected chi connectivity index (χ0v) is 9.88. The van der Waals surface area contributed by atoms with E-state index >= 15 is 0 Å². The standard InChI is InChI=1S/C13H20N2/c1-4-15-12(9-14-3)8-11-7-10(2)5-6-13(11)15/h5-7,12,14H,4,8-9H2,1-3H3.